The molecular formula is C14H21NO5S. The molecule has 21 heavy (non-hydrogen) atoms. The van der Waals surface area contributed by atoms with E-state index >= 15 is 0 Å². The minimum Gasteiger partial charge on any atom is -0.466 e. The standard InChI is InChI=1S/C14H21NO5S/c1-8-11(13(16)19-3)10(6-7-21(5)18)12(9(2)15-8)14(17)20-4/h10,15H,6-7H2,1-5H3. The first-order valence-electron chi connectivity index (χ1n) is 6.48. The Morgan fingerprint density at radius 3 is 1.86 bits per heavy atom. The Labute approximate surface area is 127 Å². The predicted molar refractivity (Wildman–Crippen MR) is 79.6 cm³/mol. The third kappa shape index (κ3) is 3.93. The summed E-state index contributed by atoms with van der Waals surface area (Å²) in [4.78, 5) is 24.0. The Morgan fingerprint density at radius 1 is 1.10 bits per heavy atom. The van der Waals surface area contributed by atoms with Crippen LogP contribution < -0.4 is 5.32 Å². The number of carbonyl (C=O) groups excluding carboxylic acids is 2. The van der Waals surface area contributed by atoms with Crippen LogP contribution in [0.1, 0.15) is 20.3 Å². The zero-order valence-electron chi connectivity index (χ0n) is 12.9. The molecule has 0 amide bonds. The first-order valence-corrected chi connectivity index (χ1v) is 8.21. The maximum atomic E-state index is 12.0. The summed E-state index contributed by atoms with van der Waals surface area (Å²) in [6.45, 7) is 3.50. The van der Waals surface area contributed by atoms with Crippen LogP contribution in [0.2, 0.25) is 0 Å². The van der Waals surface area contributed by atoms with Crippen molar-refractivity contribution in [1.29, 1.82) is 0 Å². The Hall–Kier alpha value is -1.63. The number of hydrogen-bond donors (Lipinski definition) is 1. The number of ether oxygens (including phenoxy) is 2. The van der Waals surface area contributed by atoms with Gasteiger partial charge >= 0.3 is 11.9 Å². The van der Waals surface area contributed by atoms with Gasteiger partial charge in [-0.1, -0.05) is 0 Å². The van der Waals surface area contributed by atoms with E-state index < -0.39 is 28.7 Å². The van der Waals surface area contributed by atoms with Crippen LogP contribution in [0, 0.1) is 5.92 Å². The average molecular weight is 315 g/mol. The Kier molecular flexibility index (Phi) is 6.14. The van der Waals surface area contributed by atoms with Crippen molar-refractivity contribution in [3.63, 3.8) is 0 Å². The highest BCUT2D eigenvalue weighted by Crippen LogP contribution is 2.33. The number of rotatable bonds is 5. The molecule has 0 aromatic heterocycles. The number of nitrogens with one attached hydrogen (secondary N) is 1. The minimum absolute atomic E-state index is 0.381. The quantitative estimate of drug-likeness (QED) is 0.758. The summed E-state index contributed by atoms with van der Waals surface area (Å²) in [5.74, 6) is -1.09. The van der Waals surface area contributed by atoms with Crippen LogP contribution in [-0.2, 0) is 29.9 Å². The van der Waals surface area contributed by atoms with Crippen molar-refractivity contribution in [2.24, 2.45) is 5.92 Å². The summed E-state index contributed by atoms with van der Waals surface area (Å²) in [5, 5.41) is 3.01. The van der Waals surface area contributed by atoms with Gasteiger partial charge in [0.15, 0.2) is 0 Å². The lowest BCUT2D eigenvalue weighted by Gasteiger charge is -2.29. The van der Waals surface area contributed by atoms with Gasteiger partial charge in [-0.05, 0) is 20.3 Å². The largest absolute Gasteiger partial charge is 0.466 e. The smallest absolute Gasteiger partial charge is 0.336 e. The van der Waals surface area contributed by atoms with Crippen LogP contribution in [0.3, 0.4) is 0 Å². The number of dihydropyridines is 1. The fourth-order valence-corrected chi connectivity index (χ4v) is 3.03. The van der Waals surface area contributed by atoms with Gasteiger partial charge in [0, 0.05) is 40.1 Å². The number of carbonyl (C=O) groups is 2. The molecule has 0 aliphatic carbocycles. The van der Waals surface area contributed by atoms with Crippen molar-refractivity contribution < 1.29 is 23.3 Å². The molecular weight excluding hydrogens is 294 g/mol. The summed E-state index contributed by atoms with van der Waals surface area (Å²) >= 11 is 0. The van der Waals surface area contributed by atoms with Gasteiger partial charge in [0.25, 0.3) is 0 Å². The molecule has 1 atom stereocenters. The molecule has 7 heteroatoms. The Bertz CT molecular complexity index is 497. The first-order chi connectivity index (χ1) is 9.83. The van der Waals surface area contributed by atoms with E-state index in [1.54, 1.807) is 20.1 Å². The second-order valence-electron chi connectivity index (χ2n) is 4.80. The highest BCUT2D eigenvalue weighted by molar-refractivity contribution is 7.84. The molecule has 6 nitrogen and oxygen atoms in total. The van der Waals surface area contributed by atoms with E-state index in [9.17, 15) is 13.8 Å². The third-order valence-corrected chi connectivity index (χ3v) is 4.20. The van der Waals surface area contributed by atoms with Gasteiger partial charge in [0.2, 0.25) is 0 Å². The van der Waals surface area contributed by atoms with Crippen LogP contribution in [0.4, 0.5) is 0 Å². The lowest BCUT2D eigenvalue weighted by molar-refractivity contribution is -0.137. The first kappa shape index (κ1) is 17.4. The highest BCUT2D eigenvalue weighted by Gasteiger charge is 2.36. The minimum atomic E-state index is -1.02. The number of esters is 2. The molecule has 1 aliphatic heterocycles. The molecule has 118 valence electrons. The van der Waals surface area contributed by atoms with E-state index in [-0.39, 0.29) is 0 Å². The normalized spacial score (nSPS) is 17.4. The molecule has 1 N–H and O–H groups in total. The van der Waals surface area contributed by atoms with E-state index in [0.717, 1.165) is 0 Å². The molecule has 1 rings (SSSR count). The van der Waals surface area contributed by atoms with Crippen LogP contribution in [0.15, 0.2) is 22.5 Å². The summed E-state index contributed by atoms with van der Waals surface area (Å²) in [6.07, 6.45) is 2.00. The summed E-state index contributed by atoms with van der Waals surface area (Å²) < 4.78 is 21.0. The highest BCUT2D eigenvalue weighted by atomic mass is 32.2. The summed E-state index contributed by atoms with van der Waals surface area (Å²) in [5.41, 5.74) is 2.04. The topological polar surface area (TPSA) is 81.7 Å². The molecule has 0 saturated heterocycles. The molecule has 1 heterocycles. The molecule has 0 saturated carbocycles. The van der Waals surface area contributed by atoms with Crippen molar-refractivity contribution in [3.8, 4) is 0 Å². The molecule has 0 aromatic rings. The maximum Gasteiger partial charge on any atom is 0.336 e. The van der Waals surface area contributed by atoms with Gasteiger partial charge < -0.3 is 14.8 Å². The maximum absolute atomic E-state index is 12.0. The molecule has 1 aliphatic rings. The molecule has 1 unspecified atom stereocenters. The van der Waals surface area contributed by atoms with Crippen LogP contribution >= 0.6 is 0 Å². The zero-order valence-corrected chi connectivity index (χ0v) is 13.8. The molecule has 0 bridgehead atoms. The van der Waals surface area contributed by atoms with Crippen molar-refractivity contribution >= 4 is 22.7 Å². The molecule has 0 aromatic carbocycles. The Morgan fingerprint density at radius 2 is 1.52 bits per heavy atom. The average Bonchev–Trinajstić information content (AvgIpc) is 2.43. The number of methoxy groups -OCH3 is 2. The molecule has 0 spiro atoms. The predicted octanol–water partition coefficient (Wildman–Crippen LogP) is 0.868. The lowest BCUT2D eigenvalue weighted by atomic mass is 9.83. The van der Waals surface area contributed by atoms with Gasteiger partial charge in [-0.15, -0.1) is 0 Å². The summed E-state index contributed by atoms with van der Waals surface area (Å²) in [7, 11) is 1.56. The monoisotopic (exact) mass is 315 g/mol. The lowest BCUT2D eigenvalue weighted by Crippen LogP contribution is -2.33. The van der Waals surface area contributed by atoms with E-state index in [0.29, 0.717) is 34.7 Å². The van der Waals surface area contributed by atoms with Gasteiger partial charge in [-0.3, -0.25) is 4.21 Å². The van der Waals surface area contributed by atoms with Crippen molar-refractivity contribution in [3.05, 3.63) is 22.5 Å². The second kappa shape index (κ2) is 7.40. The zero-order chi connectivity index (χ0) is 16.2. The number of allylic oxidation sites excluding steroid dienone is 2. The molecule has 0 fully saturated rings. The van der Waals surface area contributed by atoms with Gasteiger partial charge in [0.05, 0.1) is 25.4 Å². The van der Waals surface area contributed by atoms with Crippen LogP contribution in [-0.4, -0.2) is 42.4 Å². The van der Waals surface area contributed by atoms with Crippen molar-refractivity contribution in [1.82, 2.24) is 5.32 Å². The number of hydrogen-bond acceptors (Lipinski definition) is 6. The SMILES string of the molecule is COC(=O)C1=C(C)NC(C)=C(C(=O)OC)C1CCS(C)=O. The molecule has 0 radical (unpaired) electrons. The fourth-order valence-electron chi connectivity index (χ4n) is 2.47. The summed E-state index contributed by atoms with van der Waals surface area (Å²) in [6, 6.07) is 0. The van der Waals surface area contributed by atoms with Crippen molar-refractivity contribution in [2.75, 3.05) is 26.2 Å². The van der Waals surface area contributed by atoms with E-state index in [2.05, 4.69) is 5.32 Å². The van der Waals surface area contributed by atoms with Gasteiger partial charge in [-0.2, -0.15) is 0 Å². The van der Waals surface area contributed by atoms with Gasteiger partial charge in [-0.25, -0.2) is 9.59 Å². The van der Waals surface area contributed by atoms with Crippen LogP contribution in [0.5, 0.6) is 0 Å². The second-order valence-corrected chi connectivity index (χ2v) is 6.36. The van der Waals surface area contributed by atoms with Crippen LogP contribution in [0.25, 0.3) is 0 Å². The van der Waals surface area contributed by atoms with Crippen molar-refractivity contribution in [2.45, 2.75) is 20.3 Å². The van der Waals surface area contributed by atoms with E-state index in [1.165, 1.54) is 14.2 Å². The Balaban J connectivity index is 3.28. The van der Waals surface area contributed by atoms with Gasteiger partial charge in [0.1, 0.15) is 0 Å². The third-order valence-electron chi connectivity index (χ3n) is 3.38. The van der Waals surface area contributed by atoms with E-state index in [1.807, 2.05) is 0 Å². The van der Waals surface area contributed by atoms with E-state index in [4.69, 9.17) is 9.47 Å². The fraction of sp³-hybridized carbons (Fsp3) is 0.571.